The molecule has 29 heavy (non-hydrogen) atoms. The lowest BCUT2D eigenvalue weighted by atomic mass is 9.77. The molecule has 0 saturated heterocycles. The van der Waals surface area contributed by atoms with Crippen molar-refractivity contribution in [3.63, 3.8) is 0 Å². The van der Waals surface area contributed by atoms with Gasteiger partial charge in [-0.2, -0.15) is 5.26 Å². The summed E-state index contributed by atoms with van der Waals surface area (Å²) < 4.78 is 0. The van der Waals surface area contributed by atoms with E-state index in [1.165, 1.54) is 5.56 Å². The first-order valence-electron chi connectivity index (χ1n) is 9.38. The Kier molecular flexibility index (Phi) is 6.01. The number of carbonyl (C=O) groups is 1. The van der Waals surface area contributed by atoms with Gasteiger partial charge in [-0.05, 0) is 30.0 Å². The Bertz CT molecular complexity index is 1070. The summed E-state index contributed by atoms with van der Waals surface area (Å²) in [5.74, 6) is 0.300. The zero-order valence-corrected chi connectivity index (χ0v) is 17.9. The second kappa shape index (κ2) is 8.67. The summed E-state index contributed by atoms with van der Waals surface area (Å²) >= 11 is 14.4. The van der Waals surface area contributed by atoms with Crippen LogP contribution in [0, 0.1) is 11.3 Å². The lowest BCUT2D eigenvalue weighted by Gasteiger charge is -2.33. The van der Waals surface area contributed by atoms with Crippen LogP contribution in [-0.2, 0) is 10.5 Å². The van der Waals surface area contributed by atoms with E-state index in [0.29, 0.717) is 33.2 Å². The molecule has 0 aromatic heterocycles. The van der Waals surface area contributed by atoms with Gasteiger partial charge in [-0.15, -0.1) is 11.8 Å². The minimum absolute atomic E-state index is 0.0691. The topological polar surface area (TPSA) is 52.9 Å². The van der Waals surface area contributed by atoms with E-state index in [0.717, 1.165) is 29.3 Å². The number of nitriles is 1. The number of nitrogens with one attached hydrogen (secondary N) is 1. The van der Waals surface area contributed by atoms with Crippen molar-refractivity contribution in [2.75, 3.05) is 0 Å². The molecule has 1 aliphatic heterocycles. The van der Waals surface area contributed by atoms with E-state index in [2.05, 4.69) is 23.5 Å². The van der Waals surface area contributed by atoms with E-state index in [-0.39, 0.29) is 5.78 Å². The molecule has 3 nitrogen and oxygen atoms in total. The second-order valence-electron chi connectivity index (χ2n) is 7.00. The van der Waals surface area contributed by atoms with Gasteiger partial charge in [0.1, 0.15) is 0 Å². The summed E-state index contributed by atoms with van der Waals surface area (Å²) in [6, 6.07) is 17.8. The smallest absolute Gasteiger partial charge is 0.161 e. The first-order valence-corrected chi connectivity index (χ1v) is 11.1. The van der Waals surface area contributed by atoms with Crippen LogP contribution in [0.25, 0.3) is 0 Å². The molecule has 2 aliphatic rings. The molecule has 1 N–H and O–H groups in total. The van der Waals surface area contributed by atoms with E-state index in [1.54, 1.807) is 17.8 Å². The van der Waals surface area contributed by atoms with Gasteiger partial charge in [-0.25, -0.2) is 0 Å². The Hall–Kier alpha value is -2.19. The quantitative estimate of drug-likeness (QED) is 0.600. The highest BCUT2D eigenvalue weighted by molar-refractivity contribution is 8.02. The van der Waals surface area contributed by atoms with Crippen molar-refractivity contribution in [2.45, 2.75) is 30.9 Å². The molecule has 0 amide bonds. The van der Waals surface area contributed by atoms with Crippen molar-refractivity contribution in [1.29, 1.82) is 5.26 Å². The maximum Gasteiger partial charge on any atom is 0.161 e. The number of allylic oxidation sites excluding steroid dienone is 3. The Balaban J connectivity index is 1.80. The average Bonchev–Trinajstić information content (AvgIpc) is 2.74. The van der Waals surface area contributed by atoms with Crippen LogP contribution in [0.2, 0.25) is 10.0 Å². The zero-order valence-electron chi connectivity index (χ0n) is 15.5. The average molecular weight is 441 g/mol. The Morgan fingerprint density at radius 3 is 2.66 bits per heavy atom. The van der Waals surface area contributed by atoms with Crippen LogP contribution in [0.1, 0.15) is 36.3 Å². The van der Waals surface area contributed by atoms with Gasteiger partial charge in [0.05, 0.1) is 32.6 Å². The van der Waals surface area contributed by atoms with Crippen LogP contribution < -0.4 is 5.32 Å². The number of hydrogen-bond donors (Lipinski definition) is 1. The van der Waals surface area contributed by atoms with Crippen LogP contribution in [-0.4, -0.2) is 5.78 Å². The first-order chi connectivity index (χ1) is 14.1. The third-order valence-corrected chi connectivity index (χ3v) is 7.10. The van der Waals surface area contributed by atoms with E-state index in [9.17, 15) is 10.1 Å². The Labute approximate surface area is 184 Å². The molecule has 0 fully saturated rings. The maximum absolute atomic E-state index is 12.8. The van der Waals surface area contributed by atoms with Gasteiger partial charge < -0.3 is 5.32 Å². The standard InChI is InChI=1S/C23H18Cl2N2OS/c24-17-9-4-8-15(22(17)25)20-16(12-26)23(29-13-14-6-2-1-3-7-14)27-18-10-5-11-19(28)21(18)20/h1-4,6-9,20,27H,5,10-11,13H2/t20-/m1/s1. The highest BCUT2D eigenvalue weighted by Crippen LogP contribution is 2.47. The van der Waals surface area contributed by atoms with Crippen molar-refractivity contribution in [3.05, 3.63) is 91.6 Å². The summed E-state index contributed by atoms with van der Waals surface area (Å²) in [4.78, 5) is 12.8. The number of thioether (sulfide) groups is 1. The van der Waals surface area contributed by atoms with Crippen LogP contribution in [0.15, 0.2) is 70.4 Å². The highest BCUT2D eigenvalue weighted by Gasteiger charge is 2.38. The molecular formula is C23H18Cl2N2OS. The van der Waals surface area contributed by atoms with Gasteiger partial charge in [0.2, 0.25) is 0 Å². The molecule has 0 unspecified atom stereocenters. The van der Waals surface area contributed by atoms with Crippen molar-refractivity contribution in [1.82, 2.24) is 5.32 Å². The summed E-state index contributed by atoms with van der Waals surface area (Å²) in [6.07, 6.45) is 2.07. The van der Waals surface area contributed by atoms with E-state index >= 15 is 0 Å². The fraction of sp³-hybridized carbons (Fsp3) is 0.217. The molecule has 6 heteroatoms. The molecule has 0 radical (unpaired) electrons. The number of dihydropyridines is 1. The summed E-state index contributed by atoms with van der Waals surface area (Å²) in [6.45, 7) is 0. The lowest BCUT2D eigenvalue weighted by Crippen LogP contribution is -2.31. The maximum atomic E-state index is 12.8. The number of halogens is 2. The Morgan fingerprint density at radius 2 is 1.90 bits per heavy atom. The fourth-order valence-corrected chi connectivity index (χ4v) is 5.26. The molecule has 1 aliphatic carbocycles. The highest BCUT2D eigenvalue weighted by atomic mass is 35.5. The molecule has 2 aromatic carbocycles. The minimum Gasteiger partial charge on any atom is -0.352 e. The lowest BCUT2D eigenvalue weighted by molar-refractivity contribution is -0.116. The molecule has 2 aromatic rings. The van der Waals surface area contributed by atoms with Crippen molar-refractivity contribution < 1.29 is 4.79 Å². The monoisotopic (exact) mass is 440 g/mol. The van der Waals surface area contributed by atoms with E-state index < -0.39 is 5.92 Å². The zero-order chi connectivity index (χ0) is 20.4. The number of carbonyl (C=O) groups excluding carboxylic acids is 1. The fourth-order valence-electron chi connectivity index (χ4n) is 3.82. The predicted molar refractivity (Wildman–Crippen MR) is 119 cm³/mol. The summed E-state index contributed by atoms with van der Waals surface area (Å²) in [5, 5.41) is 15.0. The Morgan fingerprint density at radius 1 is 1.10 bits per heavy atom. The third kappa shape index (κ3) is 3.96. The summed E-state index contributed by atoms with van der Waals surface area (Å²) in [5.41, 5.74) is 3.95. The molecular weight excluding hydrogens is 423 g/mol. The molecule has 1 heterocycles. The minimum atomic E-state index is -0.492. The molecule has 0 saturated carbocycles. The third-order valence-electron chi connectivity index (χ3n) is 5.18. The number of benzene rings is 2. The van der Waals surface area contributed by atoms with E-state index in [4.69, 9.17) is 23.2 Å². The first kappa shape index (κ1) is 20.1. The largest absolute Gasteiger partial charge is 0.352 e. The van der Waals surface area contributed by atoms with Gasteiger partial charge >= 0.3 is 0 Å². The number of hydrogen-bond acceptors (Lipinski definition) is 4. The molecule has 1 atom stereocenters. The number of ketones is 1. The van der Waals surface area contributed by atoms with Crippen molar-refractivity contribution in [2.24, 2.45) is 0 Å². The van der Waals surface area contributed by atoms with Gasteiger partial charge in [-0.3, -0.25) is 4.79 Å². The molecule has 146 valence electrons. The molecule has 0 spiro atoms. The van der Waals surface area contributed by atoms with Gasteiger partial charge in [0, 0.05) is 23.4 Å². The second-order valence-corrected chi connectivity index (χ2v) is 8.77. The van der Waals surface area contributed by atoms with Crippen LogP contribution in [0.5, 0.6) is 0 Å². The molecule has 4 rings (SSSR count). The van der Waals surface area contributed by atoms with Gasteiger partial charge in [-0.1, -0.05) is 65.7 Å². The van der Waals surface area contributed by atoms with Gasteiger partial charge in [0.15, 0.2) is 5.78 Å². The van der Waals surface area contributed by atoms with Crippen LogP contribution in [0.3, 0.4) is 0 Å². The van der Waals surface area contributed by atoms with E-state index in [1.807, 2.05) is 30.3 Å². The van der Waals surface area contributed by atoms with Crippen molar-refractivity contribution >= 4 is 40.7 Å². The SMILES string of the molecule is N#CC1=C(SCc2ccccc2)NC2=C(C(=O)CCC2)[C@@H]1c1cccc(Cl)c1Cl. The van der Waals surface area contributed by atoms with Crippen LogP contribution >= 0.6 is 35.0 Å². The molecule has 0 bridgehead atoms. The predicted octanol–water partition coefficient (Wildman–Crippen LogP) is 6.36. The number of Topliss-reactive ketones (excluding diaryl/α,β-unsaturated/α-hetero) is 1. The summed E-state index contributed by atoms with van der Waals surface area (Å²) in [7, 11) is 0. The van der Waals surface area contributed by atoms with Gasteiger partial charge in [0.25, 0.3) is 0 Å². The number of nitrogens with zero attached hydrogens (tertiary/aromatic N) is 1. The van der Waals surface area contributed by atoms with Crippen molar-refractivity contribution in [3.8, 4) is 6.07 Å². The van der Waals surface area contributed by atoms with Crippen LogP contribution in [0.4, 0.5) is 0 Å². The number of rotatable bonds is 4. The normalized spacial score (nSPS) is 18.9.